The third kappa shape index (κ3) is 7.03. The molecule has 0 fully saturated rings. The second kappa shape index (κ2) is 18.2. The van der Waals surface area contributed by atoms with Crippen LogP contribution in [0.25, 0.3) is 76.7 Å². The van der Waals surface area contributed by atoms with Crippen LogP contribution in [0.1, 0.15) is 50.7 Å². The number of anilines is 6. The first kappa shape index (κ1) is 44.1. The van der Waals surface area contributed by atoms with Crippen molar-refractivity contribution in [2.24, 2.45) is 0 Å². The van der Waals surface area contributed by atoms with Gasteiger partial charge in [0.05, 0.1) is 0 Å². The van der Waals surface area contributed by atoms with Gasteiger partial charge >= 0.3 is 6.85 Å². The summed E-state index contributed by atoms with van der Waals surface area (Å²) in [6.45, 7) is 4.55. The van der Waals surface area contributed by atoms with Gasteiger partial charge in [0.25, 0.3) is 0 Å². The number of para-hydroxylation sites is 4. The van der Waals surface area contributed by atoms with Gasteiger partial charge in [-0.3, -0.25) is 0 Å². The van der Waals surface area contributed by atoms with Crippen molar-refractivity contribution in [3.63, 3.8) is 0 Å². The maximum absolute atomic E-state index is 2.72. The molecule has 2 aliphatic heterocycles. The van der Waals surface area contributed by atoms with Crippen molar-refractivity contribution in [1.82, 2.24) is 4.48 Å². The molecule has 0 aliphatic carbocycles. The fourth-order valence-electron chi connectivity index (χ4n) is 12.8. The Kier molecular flexibility index (Phi) is 10.8. The monoisotopic (exact) mass is 949 g/mol. The summed E-state index contributed by atoms with van der Waals surface area (Å²) in [5, 5.41) is 8.17. The van der Waals surface area contributed by atoms with E-state index in [1.54, 1.807) is 0 Å². The zero-order valence-electron chi connectivity index (χ0n) is 42.1. The van der Waals surface area contributed by atoms with Crippen molar-refractivity contribution in [3.05, 3.63) is 242 Å². The van der Waals surface area contributed by atoms with Crippen LogP contribution in [0, 0.1) is 0 Å². The van der Waals surface area contributed by atoms with Gasteiger partial charge in [-0.15, -0.1) is 0 Å². The van der Waals surface area contributed by atoms with Crippen LogP contribution in [-0.4, -0.2) is 11.3 Å². The minimum absolute atomic E-state index is 0.112. The number of aryl methyl sites for hydroxylation is 2. The number of hydrogen-bond donors (Lipinski definition) is 0. The van der Waals surface area contributed by atoms with E-state index >= 15 is 0 Å². The molecular weight excluding hydrogens is 894 g/mol. The van der Waals surface area contributed by atoms with Crippen molar-refractivity contribution < 1.29 is 0 Å². The maximum atomic E-state index is 2.72. The first-order valence-corrected chi connectivity index (χ1v) is 26.8. The highest BCUT2D eigenvalue weighted by atomic mass is 15.2. The Morgan fingerprint density at radius 3 is 1.51 bits per heavy atom. The summed E-state index contributed by atoms with van der Waals surface area (Å²) in [6.07, 6.45) is 6.60. The fraction of sp³-hybridized carbons (Fsp3) is 0.114. The molecule has 3 heterocycles. The minimum Gasteiger partial charge on any atom is -0.375 e. The van der Waals surface area contributed by atoms with Gasteiger partial charge in [-0.1, -0.05) is 190 Å². The number of unbranched alkanes of at least 4 members (excludes halogenated alkanes) is 2. The van der Waals surface area contributed by atoms with Gasteiger partial charge in [-0.2, -0.15) is 0 Å². The van der Waals surface area contributed by atoms with Gasteiger partial charge in [0.2, 0.25) is 0 Å². The van der Waals surface area contributed by atoms with Crippen LogP contribution in [0.3, 0.4) is 0 Å². The van der Waals surface area contributed by atoms with Crippen LogP contribution < -0.4 is 20.7 Å². The molecule has 2 aliphatic rings. The number of fused-ring (bicyclic) bond motifs is 9. The molecule has 0 spiro atoms. The lowest BCUT2D eigenvalue weighted by Gasteiger charge is -2.42. The van der Waals surface area contributed by atoms with Crippen LogP contribution >= 0.6 is 0 Å². The van der Waals surface area contributed by atoms with E-state index in [2.05, 4.69) is 259 Å². The first-order valence-electron chi connectivity index (χ1n) is 26.8. The third-order valence-corrected chi connectivity index (χ3v) is 16.1. The summed E-state index contributed by atoms with van der Waals surface area (Å²) in [6, 6.07) is 86.8. The molecule has 0 saturated carbocycles. The predicted octanol–water partition coefficient (Wildman–Crippen LogP) is 18.0. The van der Waals surface area contributed by atoms with E-state index in [-0.39, 0.29) is 6.85 Å². The van der Waals surface area contributed by atoms with Crippen molar-refractivity contribution in [2.45, 2.75) is 52.4 Å². The largest absolute Gasteiger partial charge is 0.375 e. The molecule has 0 bridgehead atoms. The van der Waals surface area contributed by atoms with Gasteiger partial charge in [-0.25, -0.2) is 0 Å². The molecule has 74 heavy (non-hydrogen) atoms. The van der Waals surface area contributed by atoms with Crippen molar-refractivity contribution >= 4 is 95.2 Å². The number of nitrogens with zero attached hydrogens (tertiary/aromatic N) is 3. The molecule has 354 valence electrons. The van der Waals surface area contributed by atoms with E-state index in [1.807, 2.05) is 0 Å². The molecule has 1 aromatic heterocycles. The summed E-state index contributed by atoms with van der Waals surface area (Å²) in [7, 11) is 0. The molecule has 0 amide bonds. The Morgan fingerprint density at radius 1 is 0.392 bits per heavy atom. The molecule has 12 aromatic rings. The Hall–Kier alpha value is -8.60. The van der Waals surface area contributed by atoms with Crippen molar-refractivity contribution in [3.8, 4) is 33.4 Å². The second-order valence-corrected chi connectivity index (χ2v) is 20.4. The Bertz CT molecular complexity index is 4010. The second-order valence-electron chi connectivity index (χ2n) is 20.4. The molecule has 0 unspecified atom stereocenters. The third-order valence-electron chi connectivity index (χ3n) is 16.1. The Morgan fingerprint density at radius 2 is 0.919 bits per heavy atom. The van der Waals surface area contributed by atoms with Gasteiger partial charge in [0, 0.05) is 61.5 Å². The molecule has 11 aromatic carbocycles. The summed E-state index contributed by atoms with van der Waals surface area (Å²) in [5.41, 5.74) is 22.4. The molecule has 14 rings (SSSR count). The van der Waals surface area contributed by atoms with E-state index in [1.165, 1.54) is 110 Å². The average molecular weight is 950 g/mol. The van der Waals surface area contributed by atoms with E-state index in [9.17, 15) is 0 Å². The zero-order valence-corrected chi connectivity index (χ0v) is 42.1. The lowest BCUT2D eigenvalue weighted by molar-refractivity contribution is 0.797. The smallest absolute Gasteiger partial charge is 0.333 e. The summed E-state index contributed by atoms with van der Waals surface area (Å²) < 4.78 is 2.72. The predicted molar refractivity (Wildman–Crippen MR) is 318 cm³/mol. The molecule has 0 saturated heterocycles. The lowest BCUT2D eigenvalue weighted by Crippen LogP contribution is -2.56. The van der Waals surface area contributed by atoms with Crippen molar-refractivity contribution in [1.29, 1.82) is 0 Å². The van der Waals surface area contributed by atoms with Crippen LogP contribution in [0.4, 0.5) is 34.1 Å². The highest BCUT2D eigenvalue weighted by molar-refractivity contribution is 6.90. The molecule has 3 nitrogen and oxygen atoms in total. The van der Waals surface area contributed by atoms with Gasteiger partial charge in [0.1, 0.15) is 0 Å². The van der Waals surface area contributed by atoms with Gasteiger partial charge in [-0.05, 0) is 164 Å². The number of aromatic nitrogens is 1. The first-order chi connectivity index (χ1) is 36.7. The van der Waals surface area contributed by atoms with Gasteiger partial charge in [0.15, 0.2) is 0 Å². The Balaban J connectivity index is 1.17. The highest BCUT2D eigenvalue weighted by Crippen LogP contribution is 2.50. The van der Waals surface area contributed by atoms with Gasteiger partial charge < -0.3 is 14.3 Å². The minimum atomic E-state index is -0.112. The SMILES string of the molecule is CCCCc1c2ccccc2c(CCCC)c2cc3c(cc12)B1c2c(cc(N(c4ccccc4)c4ccccc4)cc2N3c2cc(-c3ccccc3)cc(-c3ccccc3)c2)-c2cccc3c4ccccc4n1c23. The molecular formula is C70H56BN3. The highest BCUT2D eigenvalue weighted by Gasteiger charge is 2.44. The summed E-state index contributed by atoms with van der Waals surface area (Å²) in [4.78, 5) is 5.12. The number of hydrogen-bond acceptors (Lipinski definition) is 2. The molecule has 0 N–H and O–H groups in total. The number of benzene rings is 11. The summed E-state index contributed by atoms with van der Waals surface area (Å²) in [5.74, 6) is 0. The summed E-state index contributed by atoms with van der Waals surface area (Å²) >= 11 is 0. The number of rotatable bonds is 12. The normalized spacial score (nSPS) is 12.5. The van der Waals surface area contributed by atoms with E-state index in [4.69, 9.17) is 0 Å². The van der Waals surface area contributed by atoms with Crippen LogP contribution in [0.15, 0.2) is 231 Å². The standard InChI is InChI=1S/C70H56BN3/c1-3-5-32-57-55-34-19-20-35-56(55)58(33-6-4-2)63-46-67-65(45-62(57)63)71-69-64(61-38-23-37-60-59-36-21-22-39-66(59)74(71)70(60)61)43-54(72(51-28-15-9-16-29-51)52-30-17-10-18-31-52)44-68(69)73(67)53-41-49(47-24-11-7-12-25-47)40-50(42-53)48-26-13-8-14-27-48/h7-31,34-46H,3-6,32-33H2,1-2H3. The quantitative estimate of drug-likeness (QED) is 0.0893. The zero-order chi connectivity index (χ0) is 49.3. The maximum Gasteiger partial charge on any atom is 0.333 e. The van der Waals surface area contributed by atoms with E-state index < -0.39 is 0 Å². The van der Waals surface area contributed by atoms with Crippen molar-refractivity contribution in [2.75, 3.05) is 9.80 Å². The molecule has 0 radical (unpaired) electrons. The topological polar surface area (TPSA) is 11.4 Å². The molecule has 4 heteroatoms. The van der Waals surface area contributed by atoms with E-state index in [0.29, 0.717) is 0 Å². The van der Waals surface area contributed by atoms with E-state index in [0.717, 1.165) is 61.3 Å². The van der Waals surface area contributed by atoms with Crippen LogP contribution in [0.2, 0.25) is 0 Å². The average Bonchev–Trinajstić information content (AvgIpc) is 3.89. The lowest BCUT2D eigenvalue weighted by atomic mass is 9.45. The van der Waals surface area contributed by atoms with Crippen LogP contribution in [0.5, 0.6) is 0 Å². The molecule has 0 atom stereocenters. The fourth-order valence-corrected chi connectivity index (χ4v) is 12.8. The van der Waals surface area contributed by atoms with Crippen LogP contribution in [-0.2, 0) is 12.8 Å². The Labute approximate surface area is 434 Å².